The van der Waals surface area contributed by atoms with Crippen LogP contribution >= 0.6 is 0 Å². The van der Waals surface area contributed by atoms with Crippen molar-refractivity contribution in [3.05, 3.63) is 58.6 Å². The second-order valence-corrected chi connectivity index (χ2v) is 6.46. The molecule has 162 valence electrons. The fourth-order valence-electron chi connectivity index (χ4n) is 3.05. The van der Waals surface area contributed by atoms with Gasteiger partial charge in [0.25, 0.3) is 5.56 Å². The Morgan fingerprint density at radius 3 is 2.48 bits per heavy atom. The van der Waals surface area contributed by atoms with Gasteiger partial charge in [-0.3, -0.25) is 14.2 Å². The van der Waals surface area contributed by atoms with Crippen molar-refractivity contribution in [2.75, 3.05) is 27.9 Å². The zero-order valence-electron chi connectivity index (χ0n) is 17.4. The van der Waals surface area contributed by atoms with E-state index >= 15 is 0 Å². The number of rotatable bonds is 8. The van der Waals surface area contributed by atoms with Crippen LogP contribution < -0.4 is 15.0 Å². The number of carbonyl (C=O) groups is 2. The first kappa shape index (κ1) is 21.8. The summed E-state index contributed by atoms with van der Waals surface area (Å²) in [6.45, 7) is -0.473. The third-order valence-corrected chi connectivity index (χ3v) is 4.60. The van der Waals surface area contributed by atoms with Crippen LogP contribution in [0.15, 0.2) is 47.3 Å². The molecular weight excluding hydrogens is 404 g/mol. The number of nitrogens with zero attached hydrogens (tertiary/aromatic N) is 2. The minimum absolute atomic E-state index is 0.0831. The van der Waals surface area contributed by atoms with Gasteiger partial charge in [0.05, 0.1) is 44.3 Å². The normalized spacial score (nSPS) is 10.5. The fraction of sp³-hybridized carbons (Fsp3) is 0.273. The van der Waals surface area contributed by atoms with Crippen molar-refractivity contribution in [2.45, 2.75) is 12.8 Å². The van der Waals surface area contributed by atoms with E-state index in [4.69, 9.17) is 14.2 Å². The number of para-hydroxylation sites is 1. The Hall–Kier alpha value is -3.88. The SMILES string of the molecule is COC(=O)COC(=O)CCc1nc2ccccc2c(=O)n1-c1ccc(OC)cc1OC. The summed E-state index contributed by atoms with van der Waals surface area (Å²) < 4.78 is 21.4. The van der Waals surface area contributed by atoms with Gasteiger partial charge >= 0.3 is 11.9 Å². The van der Waals surface area contributed by atoms with Gasteiger partial charge in [0.15, 0.2) is 6.61 Å². The lowest BCUT2D eigenvalue weighted by molar-refractivity contribution is -0.156. The molecule has 0 aliphatic heterocycles. The number of esters is 2. The van der Waals surface area contributed by atoms with Crippen LogP contribution in [0.3, 0.4) is 0 Å². The summed E-state index contributed by atoms with van der Waals surface area (Å²) in [4.78, 5) is 41.1. The van der Waals surface area contributed by atoms with Gasteiger partial charge in [0.2, 0.25) is 0 Å². The second kappa shape index (κ2) is 9.75. The number of methoxy groups -OCH3 is 3. The number of aryl methyl sites for hydroxylation is 1. The summed E-state index contributed by atoms with van der Waals surface area (Å²) in [5.41, 5.74) is 0.672. The highest BCUT2D eigenvalue weighted by Crippen LogP contribution is 2.28. The Balaban J connectivity index is 2.04. The Bertz CT molecular complexity index is 1170. The number of fused-ring (bicyclic) bond motifs is 1. The lowest BCUT2D eigenvalue weighted by Crippen LogP contribution is -2.25. The topological polar surface area (TPSA) is 106 Å². The lowest BCUT2D eigenvalue weighted by Gasteiger charge is -2.17. The average molecular weight is 426 g/mol. The van der Waals surface area contributed by atoms with Gasteiger partial charge in [0, 0.05) is 12.5 Å². The molecule has 0 atom stereocenters. The minimum atomic E-state index is -0.656. The summed E-state index contributed by atoms with van der Waals surface area (Å²) in [6.07, 6.45) is 0.0233. The lowest BCUT2D eigenvalue weighted by atomic mass is 10.2. The molecule has 0 unspecified atom stereocenters. The number of hydrogen-bond acceptors (Lipinski definition) is 8. The molecule has 9 heteroatoms. The molecule has 3 aromatic rings. The van der Waals surface area contributed by atoms with Crippen LogP contribution in [0, 0.1) is 0 Å². The fourth-order valence-corrected chi connectivity index (χ4v) is 3.05. The van der Waals surface area contributed by atoms with Crippen molar-refractivity contribution in [3.63, 3.8) is 0 Å². The molecule has 0 aliphatic carbocycles. The first-order valence-corrected chi connectivity index (χ1v) is 9.44. The quantitative estimate of drug-likeness (QED) is 0.504. The van der Waals surface area contributed by atoms with Crippen LogP contribution in [-0.2, 0) is 25.5 Å². The van der Waals surface area contributed by atoms with Gasteiger partial charge in [-0.2, -0.15) is 0 Å². The van der Waals surface area contributed by atoms with E-state index in [0.29, 0.717) is 33.9 Å². The molecule has 0 saturated carbocycles. The van der Waals surface area contributed by atoms with E-state index in [1.54, 1.807) is 42.5 Å². The van der Waals surface area contributed by atoms with Crippen LogP contribution in [0.1, 0.15) is 12.2 Å². The molecule has 0 radical (unpaired) electrons. The molecule has 31 heavy (non-hydrogen) atoms. The smallest absolute Gasteiger partial charge is 0.344 e. The maximum Gasteiger partial charge on any atom is 0.344 e. The van der Waals surface area contributed by atoms with Crippen LogP contribution in [-0.4, -0.2) is 49.4 Å². The summed E-state index contributed by atoms with van der Waals surface area (Å²) in [5.74, 6) is 0.0590. The van der Waals surface area contributed by atoms with E-state index in [0.717, 1.165) is 0 Å². The molecule has 1 aromatic heterocycles. The van der Waals surface area contributed by atoms with Crippen LogP contribution in [0.5, 0.6) is 11.5 Å². The number of aromatic nitrogens is 2. The predicted octanol–water partition coefficient (Wildman–Crippen LogP) is 2.05. The molecule has 0 N–H and O–H groups in total. The highest BCUT2D eigenvalue weighted by molar-refractivity contribution is 5.78. The van der Waals surface area contributed by atoms with Crippen molar-refractivity contribution in [1.29, 1.82) is 0 Å². The van der Waals surface area contributed by atoms with Gasteiger partial charge in [-0.25, -0.2) is 9.78 Å². The van der Waals surface area contributed by atoms with Gasteiger partial charge < -0.3 is 18.9 Å². The van der Waals surface area contributed by atoms with Gasteiger partial charge in [0.1, 0.15) is 17.3 Å². The van der Waals surface area contributed by atoms with E-state index < -0.39 is 18.5 Å². The van der Waals surface area contributed by atoms with Crippen molar-refractivity contribution in [1.82, 2.24) is 9.55 Å². The molecule has 9 nitrogen and oxygen atoms in total. The maximum absolute atomic E-state index is 13.3. The minimum Gasteiger partial charge on any atom is -0.497 e. The van der Waals surface area contributed by atoms with Crippen LogP contribution in [0.25, 0.3) is 16.6 Å². The zero-order chi connectivity index (χ0) is 22.4. The van der Waals surface area contributed by atoms with Crippen LogP contribution in [0.2, 0.25) is 0 Å². The molecule has 0 bridgehead atoms. The summed E-state index contributed by atoms with van der Waals surface area (Å²) in [7, 11) is 4.22. The van der Waals surface area contributed by atoms with Crippen molar-refractivity contribution in [2.24, 2.45) is 0 Å². The summed E-state index contributed by atoms with van der Waals surface area (Å²) in [6, 6.07) is 12.0. The largest absolute Gasteiger partial charge is 0.497 e. The Morgan fingerprint density at radius 2 is 1.77 bits per heavy atom. The number of hydrogen-bond donors (Lipinski definition) is 0. The average Bonchev–Trinajstić information content (AvgIpc) is 2.81. The monoisotopic (exact) mass is 426 g/mol. The zero-order valence-corrected chi connectivity index (χ0v) is 17.4. The van der Waals surface area contributed by atoms with Gasteiger partial charge in [-0.15, -0.1) is 0 Å². The van der Waals surface area contributed by atoms with E-state index in [2.05, 4.69) is 9.72 Å². The molecule has 2 aromatic carbocycles. The number of ether oxygens (including phenoxy) is 4. The van der Waals surface area contributed by atoms with Gasteiger partial charge in [-0.05, 0) is 24.3 Å². The Labute approximate surface area is 178 Å². The number of benzene rings is 2. The van der Waals surface area contributed by atoms with E-state index in [1.807, 2.05) is 0 Å². The second-order valence-electron chi connectivity index (χ2n) is 6.46. The summed E-state index contributed by atoms with van der Waals surface area (Å²) >= 11 is 0. The van der Waals surface area contributed by atoms with Crippen molar-refractivity contribution >= 4 is 22.8 Å². The van der Waals surface area contributed by atoms with E-state index in [-0.39, 0.29) is 18.4 Å². The third-order valence-electron chi connectivity index (χ3n) is 4.60. The van der Waals surface area contributed by atoms with Crippen LogP contribution in [0.4, 0.5) is 0 Å². The highest BCUT2D eigenvalue weighted by Gasteiger charge is 2.18. The molecule has 0 fully saturated rings. The maximum atomic E-state index is 13.3. The Kier molecular flexibility index (Phi) is 6.86. The molecule has 0 saturated heterocycles. The van der Waals surface area contributed by atoms with Crippen molar-refractivity contribution in [3.8, 4) is 17.2 Å². The molecule has 0 aliphatic rings. The standard InChI is InChI=1S/C22H22N2O7/c1-28-14-8-9-17(18(12-14)29-2)24-19(10-11-20(25)31-13-21(26)30-3)23-16-7-5-4-6-15(16)22(24)27/h4-9,12H,10-11,13H2,1-3H3. The molecular formula is C22H22N2O7. The third kappa shape index (κ3) is 4.82. The molecule has 0 amide bonds. The first-order chi connectivity index (χ1) is 15.0. The Morgan fingerprint density at radius 1 is 1.00 bits per heavy atom. The molecule has 3 rings (SSSR count). The van der Waals surface area contributed by atoms with E-state index in [9.17, 15) is 14.4 Å². The first-order valence-electron chi connectivity index (χ1n) is 9.44. The molecule has 0 spiro atoms. The highest BCUT2D eigenvalue weighted by atomic mass is 16.6. The van der Waals surface area contributed by atoms with Gasteiger partial charge in [-0.1, -0.05) is 12.1 Å². The van der Waals surface area contributed by atoms with E-state index in [1.165, 1.54) is 25.9 Å². The number of carbonyl (C=O) groups excluding carboxylic acids is 2. The summed E-state index contributed by atoms with van der Waals surface area (Å²) in [5, 5.41) is 0.428. The molecule has 1 heterocycles. The van der Waals surface area contributed by atoms with Crippen molar-refractivity contribution < 1.29 is 28.5 Å². The predicted molar refractivity (Wildman–Crippen MR) is 112 cm³/mol.